The van der Waals surface area contributed by atoms with Crippen LogP contribution in [0.2, 0.25) is 0 Å². The molecule has 6 heteroatoms. The summed E-state index contributed by atoms with van der Waals surface area (Å²) in [4.78, 5) is 25.5. The zero-order valence-corrected chi connectivity index (χ0v) is 12.6. The van der Waals surface area contributed by atoms with Crippen molar-refractivity contribution in [1.82, 2.24) is 10.2 Å². The molecule has 6 nitrogen and oxygen atoms in total. The van der Waals surface area contributed by atoms with Crippen LogP contribution in [-0.4, -0.2) is 53.8 Å². The molecule has 2 amide bonds. The summed E-state index contributed by atoms with van der Waals surface area (Å²) >= 11 is 0. The Morgan fingerprint density at radius 1 is 1.50 bits per heavy atom. The summed E-state index contributed by atoms with van der Waals surface area (Å²) in [6.07, 6.45) is 3.24. The van der Waals surface area contributed by atoms with Crippen LogP contribution in [0.25, 0.3) is 0 Å². The number of nitrogens with one attached hydrogen (secondary N) is 1. The number of nitrogens with zero attached hydrogens (tertiary/aromatic N) is 1. The van der Waals surface area contributed by atoms with Crippen molar-refractivity contribution in [3.63, 3.8) is 0 Å². The normalized spacial score (nSPS) is 23.6. The molecule has 2 atom stereocenters. The van der Waals surface area contributed by atoms with Crippen molar-refractivity contribution in [2.24, 2.45) is 0 Å². The van der Waals surface area contributed by atoms with Crippen LogP contribution < -0.4 is 5.32 Å². The molecule has 0 radical (unpaired) electrons. The molecule has 0 bridgehead atoms. The average Bonchev–Trinajstić information content (AvgIpc) is 2.82. The Labute approximate surface area is 120 Å². The standard InChI is InChI=1S/C14H26N2O4/c1-4-7-14(12(17)18)8-5-9-16(14)13(19)15-11(2)6-10-20-3/h11H,4-10H2,1-3H3,(H,15,19)(H,17,18). The molecule has 2 unspecified atom stereocenters. The van der Waals surface area contributed by atoms with Crippen LogP contribution in [0.15, 0.2) is 0 Å². The third kappa shape index (κ3) is 3.62. The maximum Gasteiger partial charge on any atom is 0.329 e. The van der Waals surface area contributed by atoms with Crippen LogP contribution in [-0.2, 0) is 9.53 Å². The minimum absolute atomic E-state index is 0.0313. The summed E-state index contributed by atoms with van der Waals surface area (Å²) in [6, 6.07) is -0.307. The van der Waals surface area contributed by atoms with Gasteiger partial charge in [0.25, 0.3) is 0 Å². The van der Waals surface area contributed by atoms with Crippen molar-refractivity contribution >= 4 is 12.0 Å². The van der Waals surface area contributed by atoms with Crippen molar-refractivity contribution in [2.75, 3.05) is 20.3 Å². The summed E-state index contributed by atoms with van der Waals surface area (Å²) in [5, 5.41) is 12.4. The number of urea groups is 1. The number of carboxylic acids is 1. The number of rotatable bonds is 7. The minimum Gasteiger partial charge on any atom is -0.479 e. The number of carbonyl (C=O) groups is 2. The monoisotopic (exact) mass is 286 g/mol. The molecule has 1 aliphatic rings. The molecular formula is C14H26N2O4. The lowest BCUT2D eigenvalue weighted by atomic mass is 9.91. The molecule has 0 saturated carbocycles. The average molecular weight is 286 g/mol. The maximum absolute atomic E-state index is 12.3. The Kier molecular flexibility index (Phi) is 6.26. The Balaban J connectivity index is 2.72. The summed E-state index contributed by atoms with van der Waals surface area (Å²) in [5.41, 5.74) is -1.03. The number of hydrogen-bond acceptors (Lipinski definition) is 3. The van der Waals surface area contributed by atoms with E-state index in [1.54, 1.807) is 7.11 Å². The topological polar surface area (TPSA) is 78.9 Å². The van der Waals surface area contributed by atoms with E-state index in [0.29, 0.717) is 32.4 Å². The largest absolute Gasteiger partial charge is 0.479 e. The first-order chi connectivity index (χ1) is 9.47. The van der Waals surface area contributed by atoms with Gasteiger partial charge in [0.2, 0.25) is 0 Å². The number of ether oxygens (including phenoxy) is 1. The van der Waals surface area contributed by atoms with Gasteiger partial charge >= 0.3 is 12.0 Å². The first-order valence-corrected chi connectivity index (χ1v) is 7.28. The van der Waals surface area contributed by atoms with Gasteiger partial charge in [-0.05, 0) is 32.6 Å². The molecule has 0 aliphatic carbocycles. The van der Waals surface area contributed by atoms with E-state index >= 15 is 0 Å². The molecule has 0 spiro atoms. The van der Waals surface area contributed by atoms with E-state index < -0.39 is 11.5 Å². The van der Waals surface area contributed by atoms with Gasteiger partial charge in [-0.2, -0.15) is 0 Å². The summed E-state index contributed by atoms with van der Waals surface area (Å²) < 4.78 is 4.98. The van der Waals surface area contributed by atoms with Gasteiger partial charge in [-0.1, -0.05) is 13.3 Å². The Bertz CT molecular complexity index is 348. The molecular weight excluding hydrogens is 260 g/mol. The number of aliphatic carboxylic acids is 1. The van der Waals surface area contributed by atoms with Gasteiger partial charge in [-0.25, -0.2) is 9.59 Å². The minimum atomic E-state index is -1.03. The molecule has 0 aromatic carbocycles. The molecule has 116 valence electrons. The van der Waals surface area contributed by atoms with Crippen LogP contribution in [0.4, 0.5) is 4.79 Å². The highest BCUT2D eigenvalue weighted by molar-refractivity contribution is 5.87. The summed E-state index contributed by atoms with van der Waals surface area (Å²) in [7, 11) is 1.62. The lowest BCUT2D eigenvalue weighted by molar-refractivity contribution is -0.148. The molecule has 0 aromatic rings. The van der Waals surface area contributed by atoms with Crippen molar-refractivity contribution < 1.29 is 19.4 Å². The van der Waals surface area contributed by atoms with Gasteiger partial charge in [0.05, 0.1) is 0 Å². The van der Waals surface area contributed by atoms with Crippen LogP contribution in [0.1, 0.15) is 46.0 Å². The lowest BCUT2D eigenvalue weighted by Crippen LogP contribution is -2.57. The summed E-state index contributed by atoms with van der Waals surface area (Å²) in [5.74, 6) is -0.892. The molecule has 1 saturated heterocycles. The highest BCUT2D eigenvalue weighted by atomic mass is 16.5. The predicted molar refractivity (Wildman–Crippen MR) is 75.7 cm³/mol. The first kappa shape index (κ1) is 16.8. The molecule has 20 heavy (non-hydrogen) atoms. The highest BCUT2D eigenvalue weighted by Crippen LogP contribution is 2.34. The van der Waals surface area contributed by atoms with E-state index in [9.17, 15) is 14.7 Å². The Hall–Kier alpha value is -1.30. The molecule has 1 rings (SSSR count). The van der Waals surface area contributed by atoms with E-state index in [1.165, 1.54) is 4.90 Å². The fourth-order valence-corrected chi connectivity index (χ4v) is 2.83. The molecule has 1 heterocycles. The first-order valence-electron chi connectivity index (χ1n) is 7.28. The second kappa shape index (κ2) is 7.47. The predicted octanol–water partition coefficient (Wildman–Crippen LogP) is 1.84. The van der Waals surface area contributed by atoms with Crippen LogP contribution in [0.5, 0.6) is 0 Å². The number of methoxy groups -OCH3 is 1. The fourth-order valence-electron chi connectivity index (χ4n) is 2.83. The summed E-state index contributed by atoms with van der Waals surface area (Å²) in [6.45, 7) is 4.92. The van der Waals surface area contributed by atoms with Gasteiger partial charge in [0.1, 0.15) is 5.54 Å². The second-order valence-electron chi connectivity index (χ2n) is 5.47. The molecule has 2 N–H and O–H groups in total. The molecule has 1 fully saturated rings. The van der Waals surface area contributed by atoms with Crippen molar-refractivity contribution in [2.45, 2.75) is 57.5 Å². The van der Waals surface area contributed by atoms with Gasteiger partial charge in [0, 0.05) is 26.3 Å². The number of carbonyl (C=O) groups excluding carboxylic acids is 1. The van der Waals surface area contributed by atoms with E-state index in [0.717, 1.165) is 12.8 Å². The Morgan fingerprint density at radius 2 is 2.20 bits per heavy atom. The van der Waals surface area contributed by atoms with Gasteiger partial charge < -0.3 is 20.1 Å². The molecule has 1 aliphatic heterocycles. The van der Waals surface area contributed by atoms with Crippen LogP contribution in [0, 0.1) is 0 Å². The number of likely N-dealkylation sites (tertiary alicyclic amines) is 1. The lowest BCUT2D eigenvalue weighted by Gasteiger charge is -2.35. The van der Waals surface area contributed by atoms with Gasteiger partial charge in [-0.15, -0.1) is 0 Å². The smallest absolute Gasteiger partial charge is 0.329 e. The van der Waals surface area contributed by atoms with E-state index in [4.69, 9.17) is 4.74 Å². The van der Waals surface area contributed by atoms with Crippen molar-refractivity contribution in [1.29, 1.82) is 0 Å². The maximum atomic E-state index is 12.3. The van der Waals surface area contributed by atoms with Gasteiger partial charge in [0.15, 0.2) is 0 Å². The van der Waals surface area contributed by atoms with E-state index in [-0.39, 0.29) is 12.1 Å². The SMILES string of the molecule is CCCC1(C(=O)O)CCCN1C(=O)NC(C)CCOC. The van der Waals surface area contributed by atoms with Crippen LogP contribution >= 0.6 is 0 Å². The molecule has 0 aromatic heterocycles. The van der Waals surface area contributed by atoms with E-state index in [2.05, 4.69) is 5.32 Å². The zero-order valence-electron chi connectivity index (χ0n) is 12.6. The quantitative estimate of drug-likeness (QED) is 0.748. The van der Waals surface area contributed by atoms with Crippen LogP contribution in [0.3, 0.4) is 0 Å². The fraction of sp³-hybridized carbons (Fsp3) is 0.857. The number of amides is 2. The number of carboxylic acid groups (broad SMARTS) is 1. The second-order valence-corrected chi connectivity index (χ2v) is 5.47. The highest BCUT2D eigenvalue weighted by Gasteiger charge is 2.49. The van der Waals surface area contributed by atoms with Crippen molar-refractivity contribution in [3.05, 3.63) is 0 Å². The third-order valence-electron chi connectivity index (χ3n) is 3.92. The van der Waals surface area contributed by atoms with E-state index in [1.807, 2.05) is 13.8 Å². The van der Waals surface area contributed by atoms with Crippen molar-refractivity contribution in [3.8, 4) is 0 Å². The van der Waals surface area contributed by atoms with Gasteiger partial charge in [-0.3, -0.25) is 0 Å². The third-order valence-corrected chi connectivity index (χ3v) is 3.92. The zero-order chi connectivity index (χ0) is 15.2. The number of hydrogen-bond donors (Lipinski definition) is 2. The Morgan fingerprint density at radius 3 is 2.75 bits per heavy atom.